The van der Waals surface area contributed by atoms with E-state index in [9.17, 15) is 9.90 Å². The third-order valence-electron chi connectivity index (χ3n) is 3.05. The first-order valence-corrected chi connectivity index (χ1v) is 6.34. The van der Waals surface area contributed by atoms with Gasteiger partial charge in [-0.3, -0.25) is 14.8 Å². The highest BCUT2D eigenvalue weighted by Crippen LogP contribution is 2.15. The quantitative estimate of drug-likeness (QED) is 0.777. The van der Waals surface area contributed by atoms with E-state index in [-0.39, 0.29) is 6.04 Å². The molecular weight excluding hydrogens is 230 g/mol. The Morgan fingerprint density at radius 2 is 2.28 bits per heavy atom. The number of carboxylic acid groups (broad SMARTS) is 1. The van der Waals surface area contributed by atoms with Crippen molar-refractivity contribution in [2.45, 2.75) is 58.7 Å². The predicted octanol–water partition coefficient (Wildman–Crippen LogP) is 1.81. The molecule has 1 heterocycles. The molecule has 0 aliphatic carbocycles. The molecule has 1 atom stereocenters. The Morgan fingerprint density at radius 3 is 2.72 bits per heavy atom. The van der Waals surface area contributed by atoms with Crippen LogP contribution in [0.15, 0.2) is 12.3 Å². The number of nitrogens with one attached hydrogen (secondary N) is 1. The first-order chi connectivity index (χ1) is 8.35. The van der Waals surface area contributed by atoms with Gasteiger partial charge >= 0.3 is 5.97 Å². The van der Waals surface area contributed by atoms with Crippen LogP contribution in [0.4, 0.5) is 0 Å². The second kappa shape index (κ2) is 6.00. The number of nitrogens with zero attached hydrogens (tertiary/aromatic N) is 2. The summed E-state index contributed by atoms with van der Waals surface area (Å²) in [6, 6.07) is 2.10. The number of rotatable bonds is 7. The summed E-state index contributed by atoms with van der Waals surface area (Å²) < 4.78 is 1.90. The zero-order chi connectivity index (χ0) is 13.8. The molecule has 18 heavy (non-hydrogen) atoms. The van der Waals surface area contributed by atoms with Crippen LogP contribution >= 0.6 is 0 Å². The number of aryl methyl sites for hydroxylation is 2. The maximum Gasteiger partial charge on any atom is 0.323 e. The zero-order valence-electron chi connectivity index (χ0n) is 11.6. The maximum atomic E-state index is 11.3. The first kappa shape index (κ1) is 14.7. The van der Waals surface area contributed by atoms with E-state index in [2.05, 4.69) is 10.4 Å². The van der Waals surface area contributed by atoms with E-state index in [1.165, 1.54) is 0 Å². The van der Waals surface area contributed by atoms with Crippen LogP contribution in [0.3, 0.4) is 0 Å². The highest BCUT2D eigenvalue weighted by atomic mass is 16.4. The molecule has 1 unspecified atom stereocenters. The Bertz CT molecular complexity index is 401. The predicted molar refractivity (Wildman–Crippen MR) is 70.5 cm³/mol. The minimum absolute atomic E-state index is 0.150. The molecule has 0 aliphatic heterocycles. The van der Waals surface area contributed by atoms with Gasteiger partial charge < -0.3 is 5.11 Å². The standard InChI is InChI=1S/C13H23N3O2/c1-10(2)15-13(4,12(17)18)7-5-9-16-11(3)6-8-14-16/h6,8,10,15H,5,7,9H2,1-4H3,(H,17,18). The third-order valence-corrected chi connectivity index (χ3v) is 3.05. The normalized spacial score (nSPS) is 14.7. The fourth-order valence-corrected chi connectivity index (χ4v) is 2.09. The van der Waals surface area contributed by atoms with Gasteiger partial charge in [0.2, 0.25) is 0 Å². The van der Waals surface area contributed by atoms with Crippen molar-refractivity contribution in [3.05, 3.63) is 18.0 Å². The monoisotopic (exact) mass is 253 g/mol. The van der Waals surface area contributed by atoms with Gasteiger partial charge in [0, 0.05) is 24.5 Å². The van der Waals surface area contributed by atoms with Crippen LogP contribution in [0.2, 0.25) is 0 Å². The molecular formula is C13H23N3O2. The van der Waals surface area contributed by atoms with Crippen LogP contribution in [0.5, 0.6) is 0 Å². The Morgan fingerprint density at radius 1 is 1.61 bits per heavy atom. The Balaban J connectivity index is 2.53. The van der Waals surface area contributed by atoms with Gasteiger partial charge in [0.1, 0.15) is 5.54 Å². The lowest BCUT2D eigenvalue weighted by molar-refractivity contribution is -0.144. The van der Waals surface area contributed by atoms with Crippen LogP contribution in [0, 0.1) is 6.92 Å². The number of carbonyl (C=O) groups is 1. The molecule has 0 saturated heterocycles. The van der Waals surface area contributed by atoms with Gasteiger partial charge in [-0.05, 0) is 46.6 Å². The van der Waals surface area contributed by atoms with E-state index in [0.29, 0.717) is 6.42 Å². The molecule has 2 N–H and O–H groups in total. The molecule has 5 heteroatoms. The number of carboxylic acids is 1. The molecule has 1 aromatic rings. The molecule has 0 aliphatic rings. The van der Waals surface area contributed by atoms with Crippen LogP contribution in [0.25, 0.3) is 0 Å². The second-order valence-electron chi connectivity index (χ2n) is 5.24. The summed E-state index contributed by atoms with van der Waals surface area (Å²) in [5.74, 6) is -0.798. The lowest BCUT2D eigenvalue weighted by atomic mass is 9.95. The summed E-state index contributed by atoms with van der Waals surface area (Å²) in [5.41, 5.74) is 0.235. The number of aliphatic carboxylic acids is 1. The molecule has 0 fully saturated rings. The Kier molecular flexibility index (Phi) is 4.90. The number of aromatic nitrogens is 2. The topological polar surface area (TPSA) is 67.2 Å². The molecule has 1 rings (SSSR count). The molecule has 0 aromatic carbocycles. The molecule has 0 spiro atoms. The SMILES string of the molecule is Cc1ccnn1CCCC(C)(NC(C)C)C(=O)O. The highest BCUT2D eigenvalue weighted by Gasteiger charge is 2.32. The molecule has 0 amide bonds. The van der Waals surface area contributed by atoms with Crippen LogP contribution < -0.4 is 5.32 Å². The minimum Gasteiger partial charge on any atom is -0.480 e. The van der Waals surface area contributed by atoms with Crippen molar-refractivity contribution in [1.29, 1.82) is 0 Å². The second-order valence-corrected chi connectivity index (χ2v) is 5.24. The van der Waals surface area contributed by atoms with E-state index in [1.807, 2.05) is 31.5 Å². The minimum atomic E-state index is -0.866. The van der Waals surface area contributed by atoms with Crippen molar-refractivity contribution < 1.29 is 9.90 Å². The first-order valence-electron chi connectivity index (χ1n) is 6.34. The molecule has 1 aromatic heterocycles. The third kappa shape index (κ3) is 3.84. The van der Waals surface area contributed by atoms with Crippen molar-refractivity contribution >= 4 is 5.97 Å². The molecule has 0 radical (unpaired) electrons. The largest absolute Gasteiger partial charge is 0.480 e. The van der Waals surface area contributed by atoms with Gasteiger partial charge in [0.05, 0.1) is 0 Å². The Hall–Kier alpha value is -1.36. The van der Waals surface area contributed by atoms with E-state index in [0.717, 1.165) is 18.7 Å². The van der Waals surface area contributed by atoms with Gasteiger partial charge in [-0.2, -0.15) is 5.10 Å². The lowest BCUT2D eigenvalue weighted by Crippen LogP contribution is -2.52. The zero-order valence-corrected chi connectivity index (χ0v) is 11.6. The summed E-state index contributed by atoms with van der Waals surface area (Å²) in [5, 5.41) is 16.6. The summed E-state index contributed by atoms with van der Waals surface area (Å²) in [6.45, 7) is 8.40. The molecule has 5 nitrogen and oxygen atoms in total. The van der Waals surface area contributed by atoms with Crippen molar-refractivity contribution in [3.63, 3.8) is 0 Å². The average Bonchev–Trinajstić information content (AvgIpc) is 2.63. The van der Waals surface area contributed by atoms with Crippen molar-refractivity contribution in [1.82, 2.24) is 15.1 Å². The highest BCUT2D eigenvalue weighted by molar-refractivity contribution is 5.78. The number of hydrogen-bond acceptors (Lipinski definition) is 3. The van der Waals surface area contributed by atoms with Gasteiger partial charge in [0.15, 0.2) is 0 Å². The average molecular weight is 253 g/mol. The van der Waals surface area contributed by atoms with Gasteiger partial charge in [-0.1, -0.05) is 0 Å². The lowest BCUT2D eigenvalue weighted by Gasteiger charge is -2.28. The fourth-order valence-electron chi connectivity index (χ4n) is 2.09. The van der Waals surface area contributed by atoms with Crippen molar-refractivity contribution in [2.75, 3.05) is 0 Å². The number of hydrogen-bond donors (Lipinski definition) is 2. The van der Waals surface area contributed by atoms with Crippen LogP contribution in [-0.4, -0.2) is 32.4 Å². The maximum absolute atomic E-state index is 11.3. The smallest absolute Gasteiger partial charge is 0.323 e. The molecule has 102 valence electrons. The molecule has 0 bridgehead atoms. The van der Waals surface area contributed by atoms with E-state index < -0.39 is 11.5 Å². The Labute approximate surface area is 108 Å². The summed E-state index contributed by atoms with van der Waals surface area (Å²) >= 11 is 0. The van der Waals surface area contributed by atoms with E-state index >= 15 is 0 Å². The van der Waals surface area contributed by atoms with Crippen LogP contribution in [0.1, 0.15) is 39.3 Å². The van der Waals surface area contributed by atoms with Gasteiger partial charge in [0.25, 0.3) is 0 Å². The van der Waals surface area contributed by atoms with E-state index in [4.69, 9.17) is 0 Å². The summed E-state index contributed by atoms with van der Waals surface area (Å²) in [4.78, 5) is 11.3. The summed E-state index contributed by atoms with van der Waals surface area (Å²) in [6.07, 6.45) is 3.13. The van der Waals surface area contributed by atoms with Gasteiger partial charge in [-0.25, -0.2) is 0 Å². The summed E-state index contributed by atoms with van der Waals surface area (Å²) in [7, 11) is 0. The van der Waals surface area contributed by atoms with Gasteiger partial charge in [-0.15, -0.1) is 0 Å². The van der Waals surface area contributed by atoms with E-state index in [1.54, 1.807) is 13.1 Å². The molecule has 0 saturated carbocycles. The van der Waals surface area contributed by atoms with Crippen molar-refractivity contribution in [2.24, 2.45) is 0 Å². The van der Waals surface area contributed by atoms with Crippen molar-refractivity contribution in [3.8, 4) is 0 Å². The van der Waals surface area contributed by atoms with Crippen LogP contribution in [-0.2, 0) is 11.3 Å². The fraction of sp³-hybridized carbons (Fsp3) is 0.692.